The van der Waals surface area contributed by atoms with Gasteiger partial charge in [-0.05, 0) is 55.8 Å². The molecular weight excluding hydrogens is 445 g/mol. The molecule has 1 amide bonds. The number of nitrogens with one attached hydrogen (secondary N) is 1. The molecule has 33 heavy (non-hydrogen) atoms. The van der Waals surface area contributed by atoms with E-state index in [9.17, 15) is 17.6 Å². The van der Waals surface area contributed by atoms with Crippen molar-refractivity contribution in [2.45, 2.75) is 36.3 Å². The van der Waals surface area contributed by atoms with E-state index in [1.807, 2.05) is 0 Å². The van der Waals surface area contributed by atoms with Crippen molar-refractivity contribution in [1.82, 2.24) is 14.7 Å². The Balaban J connectivity index is 1.49. The third kappa shape index (κ3) is 4.88. The molecule has 4 rings (SSSR count). The smallest absolute Gasteiger partial charge is 0.253 e. The third-order valence-electron chi connectivity index (χ3n) is 4.90. The molecule has 0 saturated heterocycles. The van der Waals surface area contributed by atoms with Crippen molar-refractivity contribution in [3.05, 3.63) is 90.1 Å². The molecule has 2 aromatic heterocycles. The van der Waals surface area contributed by atoms with Crippen LogP contribution in [0.2, 0.25) is 0 Å². The van der Waals surface area contributed by atoms with Crippen LogP contribution < -0.4 is 10.1 Å². The lowest BCUT2D eigenvalue weighted by molar-refractivity contribution is 0.0950. The average Bonchev–Trinajstić information content (AvgIpc) is 3.25. The van der Waals surface area contributed by atoms with Crippen LogP contribution in [-0.4, -0.2) is 29.8 Å². The SMILES string of the molecule is CC(C)Oc1cc(F)ccc1S(=O)(=O)c1ccc(CNC(=O)c2ccc3nccn3c2)cc1. The van der Waals surface area contributed by atoms with Gasteiger partial charge in [-0.25, -0.2) is 17.8 Å². The van der Waals surface area contributed by atoms with Crippen molar-refractivity contribution in [1.29, 1.82) is 0 Å². The number of amides is 1. The second-order valence-corrected chi connectivity index (χ2v) is 9.62. The van der Waals surface area contributed by atoms with Crippen LogP contribution >= 0.6 is 0 Å². The Morgan fingerprint density at radius 1 is 1.12 bits per heavy atom. The second-order valence-electron chi connectivity index (χ2n) is 7.70. The number of hydrogen-bond donors (Lipinski definition) is 1. The van der Waals surface area contributed by atoms with Crippen LogP contribution in [0.15, 0.2) is 83.0 Å². The summed E-state index contributed by atoms with van der Waals surface area (Å²) < 4.78 is 47.2. The fourth-order valence-electron chi connectivity index (χ4n) is 3.30. The first kappa shape index (κ1) is 22.5. The van der Waals surface area contributed by atoms with Gasteiger partial charge in [0.15, 0.2) is 0 Å². The molecule has 1 N–H and O–H groups in total. The summed E-state index contributed by atoms with van der Waals surface area (Å²) in [5.74, 6) is -0.872. The number of rotatable bonds is 7. The minimum atomic E-state index is -3.93. The summed E-state index contributed by atoms with van der Waals surface area (Å²) in [7, 11) is -3.93. The van der Waals surface area contributed by atoms with E-state index < -0.39 is 15.7 Å². The van der Waals surface area contributed by atoms with E-state index in [1.165, 1.54) is 18.2 Å². The van der Waals surface area contributed by atoms with Crippen LogP contribution in [0.3, 0.4) is 0 Å². The third-order valence-corrected chi connectivity index (χ3v) is 6.70. The van der Waals surface area contributed by atoms with E-state index >= 15 is 0 Å². The van der Waals surface area contributed by atoms with E-state index in [0.717, 1.165) is 23.3 Å². The number of aromatic nitrogens is 2. The Hall–Kier alpha value is -3.72. The number of imidazole rings is 1. The normalized spacial score (nSPS) is 11.6. The first-order valence-electron chi connectivity index (χ1n) is 10.3. The van der Waals surface area contributed by atoms with Crippen LogP contribution in [0.4, 0.5) is 4.39 Å². The van der Waals surface area contributed by atoms with Crippen LogP contribution in [0.5, 0.6) is 5.75 Å². The van der Waals surface area contributed by atoms with Crippen molar-refractivity contribution < 1.29 is 22.3 Å². The number of fused-ring (bicyclic) bond motifs is 1. The number of nitrogens with zero attached hydrogens (tertiary/aromatic N) is 2. The molecule has 0 bridgehead atoms. The average molecular weight is 468 g/mol. The zero-order chi connectivity index (χ0) is 23.6. The Labute approximate surface area is 190 Å². The van der Waals surface area contributed by atoms with Crippen LogP contribution in [0.25, 0.3) is 5.65 Å². The number of halogens is 1. The van der Waals surface area contributed by atoms with Crippen LogP contribution in [-0.2, 0) is 16.4 Å². The van der Waals surface area contributed by atoms with Crippen molar-refractivity contribution in [2.75, 3.05) is 0 Å². The second kappa shape index (κ2) is 9.03. The number of pyridine rings is 1. The highest BCUT2D eigenvalue weighted by Gasteiger charge is 2.23. The molecule has 0 fully saturated rings. The van der Waals surface area contributed by atoms with Gasteiger partial charge in [0.05, 0.1) is 16.6 Å². The first-order valence-corrected chi connectivity index (χ1v) is 11.7. The Morgan fingerprint density at radius 2 is 1.88 bits per heavy atom. The highest BCUT2D eigenvalue weighted by atomic mass is 32.2. The molecule has 0 spiro atoms. The van der Waals surface area contributed by atoms with Crippen molar-refractivity contribution in [2.24, 2.45) is 0 Å². The molecule has 170 valence electrons. The quantitative estimate of drug-likeness (QED) is 0.415. The standard InChI is InChI=1S/C24H22FN3O4S/c1-16(2)32-21-13-19(25)6-9-22(21)33(30,31)20-7-3-17(4-8-20)14-27-24(29)18-5-10-23-26-11-12-28(23)15-18/h3-13,15-16H,14H2,1-2H3,(H,27,29). The molecule has 0 atom stereocenters. The highest BCUT2D eigenvalue weighted by molar-refractivity contribution is 7.91. The Morgan fingerprint density at radius 3 is 2.61 bits per heavy atom. The summed E-state index contributed by atoms with van der Waals surface area (Å²) in [5.41, 5.74) is 1.95. The summed E-state index contributed by atoms with van der Waals surface area (Å²) in [5, 5.41) is 2.82. The number of benzene rings is 2. The van der Waals surface area contributed by atoms with Crippen molar-refractivity contribution in [3.63, 3.8) is 0 Å². The predicted octanol–water partition coefficient (Wildman–Crippen LogP) is 4.02. The lowest BCUT2D eigenvalue weighted by Crippen LogP contribution is -2.23. The van der Waals surface area contributed by atoms with Gasteiger partial charge in [0.2, 0.25) is 9.84 Å². The zero-order valence-electron chi connectivity index (χ0n) is 18.0. The molecule has 0 aliphatic rings. The number of carbonyl (C=O) groups is 1. The molecule has 4 aromatic rings. The van der Waals surface area contributed by atoms with E-state index in [0.29, 0.717) is 5.56 Å². The Bertz CT molecular complexity index is 1410. The summed E-state index contributed by atoms with van der Waals surface area (Å²) in [6.07, 6.45) is 4.77. The summed E-state index contributed by atoms with van der Waals surface area (Å²) in [6.45, 7) is 3.69. The van der Waals surface area contributed by atoms with Gasteiger partial charge in [-0.1, -0.05) is 12.1 Å². The maximum Gasteiger partial charge on any atom is 0.253 e. The minimum Gasteiger partial charge on any atom is -0.490 e. The molecule has 0 saturated carbocycles. The fourth-order valence-corrected chi connectivity index (χ4v) is 4.67. The van der Waals surface area contributed by atoms with Gasteiger partial charge < -0.3 is 14.5 Å². The maximum absolute atomic E-state index is 13.7. The molecule has 0 radical (unpaired) electrons. The van der Waals surface area contributed by atoms with Gasteiger partial charge in [-0.2, -0.15) is 0 Å². The van der Waals surface area contributed by atoms with E-state index in [4.69, 9.17) is 4.74 Å². The zero-order valence-corrected chi connectivity index (χ0v) is 18.8. The summed E-state index contributed by atoms with van der Waals surface area (Å²) in [4.78, 5) is 16.5. The molecule has 2 aromatic carbocycles. The van der Waals surface area contributed by atoms with E-state index in [1.54, 1.807) is 61.1 Å². The molecule has 7 nitrogen and oxygen atoms in total. The molecule has 2 heterocycles. The minimum absolute atomic E-state index is 0.0313. The largest absolute Gasteiger partial charge is 0.490 e. The number of ether oxygens (including phenoxy) is 1. The van der Waals surface area contributed by atoms with Gasteiger partial charge in [0.1, 0.15) is 22.1 Å². The number of hydrogen-bond acceptors (Lipinski definition) is 5. The van der Waals surface area contributed by atoms with E-state index in [-0.39, 0.29) is 34.1 Å². The van der Waals surface area contributed by atoms with Crippen molar-refractivity contribution >= 4 is 21.4 Å². The van der Waals surface area contributed by atoms with E-state index in [2.05, 4.69) is 10.3 Å². The topological polar surface area (TPSA) is 89.8 Å². The summed E-state index contributed by atoms with van der Waals surface area (Å²) in [6, 6.07) is 13.0. The van der Waals surface area contributed by atoms with Gasteiger partial charge in [-0.15, -0.1) is 0 Å². The Kier molecular flexibility index (Phi) is 6.15. The van der Waals surface area contributed by atoms with Crippen LogP contribution in [0, 0.1) is 5.82 Å². The molecule has 0 aliphatic carbocycles. The van der Waals surface area contributed by atoms with Gasteiger partial charge >= 0.3 is 0 Å². The van der Waals surface area contributed by atoms with Crippen molar-refractivity contribution in [3.8, 4) is 5.75 Å². The monoisotopic (exact) mass is 467 g/mol. The lowest BCUT2D eigenvalue weighted by Gasteiger charge is -2.15. The van der Waals surface area contributed by atoms with Gasteiger partial charge in [0, 0.05) is 31.2 Å². The predicted molar refractivity (Wildman–Crippen MR) is 120 cm³/mol. The molecular formula is C24H22FN3O4S. The number of sulfone groups is 1. The fraction of sp³-hybridized carbons (Fsp3) is 0.167. The lowest BCUT2D eigenvalue weighted by atomic mass is 10.2. The maximum atomic E-state index is 13.7. The van der Waals surface area contributed by atoms with Gasteiger partial charge in [0.25, 0.3) is 5.91 Å². The molecule has 0 unspecified atom stereocenters. The number of carbonyl (C=O) groups excluding carboxylic acids is 1. The first-order chi connectivity index (χ1) is 15.7. The summed E-state index contributed by atoms with van der Waals surface area (Å²) >= 11 is 0. The van der Waals surface area contributed by atoms with Gasteiger partial charge in [-0.3, -0.25) is 4.79 Å². The van der Waals surface area contributed by atoms with Crippen LogP contribution in [0.1, 0.15) is 29.8 Å². The molecule has 9 heteroatoms. The highest BCUT2D eigenvalue weighted by Crippen LogP contribution is 2.31. The molecule has 0 aliphatic heterocycles.